The number of anilines is 1. The van der Waals surface area contributed by atoms with Crippen molar-refractivity contribution in [2.75, 3.05) is 32.2 Å². The fourth-order valence-corrected chi connectivity index (χ4v) is 5.95. The van der Waals surface area contributed by atoms with Gasteiger partial charge < -0.3 is 18.8 Å². The van der Waals surface area contributed by atoms with Crippen LogP contribution in [-0.2, 0) is 14.8 Å². The highest BCUT2D eigenvalue weighted by Crippen LogP contribution is 2.32. The molecule has 4 aromatic rings. The molecule has 1 heterocycles. The van der Waals surface area contributed by atoms with Crippen LogP contribution >= 0.6 is 0 Å². The van der Waals surface area contributed by atoms with Crippen molar-refractivity contribution in [3.8, 4) is 22.9 Å². The topological polar surface area (TPSA) is 111 Å². The van der Waals surface area contributed by atoms with Gasteiger partial charge in [0.25, 0.3) is 15.9 Å². The van der Waals surface area contributed by atoms with Crippen LogP contribution in [0.2, 0.25) is 0 Å². The monoisotopic (exact) mass is 590 g/mol. The summed E-state index contributed by atoms with van der Waals surface area (Å²) in [6.45, 7) is 5.48. The van der Waals surface area contributed by atoms with E-state index in [1.165, 1.54) is 45.1 Å². The smallest absolute Gasteiger partial charge is 0.264 e. The third kappa shape index (κ3) is 6.41. The maximum Gasteiger partial charge on any atom is 0.264 e. The molecule has 1 amide bonds. The SMILES string of the molecule is COc1ccc(N(CC(=O)N/N=C\c2cc(C)n(-c3ccc(C)cc3)c2C)S(=O)(=O)c2ccc(OC)c(OC)c2)cc1. The molecule has 1 aromatic heterocycles. The Hall–Kier alpha value is -4.77. The van der Waals surface area contributed by atoms with E-state index in [9.17, 15) is 13.2 Å². The molecule has 1 N–H and O–H groups in total. The van der Waals surface area contributed by atoms with E-state index in [0.717, 1.165) is 26.9 Å². The number of carbonyl (C=O) groups excluding carboxylic acids is 1. The van der Waals surface area contributed by atoms with Crippen LogP contribution in [0.1, 0.15) is 22.5 Å². The maximum absolute atomic E-state index is 13.8. The predicted octanol–water partition coefficient (Wildman–Crippen LogP) is 4.77. The highest BCUT2D eigenvalue weighted by atomic mass is 32.2. The average molecular weight is 591 g/mol. The zero-order valence-corrected chi connectivity index (χ0v) is 25.2. The second-order valence-corrected chi connectivity index (χ2v) is 11.4. The summed E-state index contributed by atoms with van der Waals surface area (Å²) in [6.07, 6.45) is 1.55. The molecule has 0 fully saturated rings. The first-order valence-electron chi connectivity index (χ1n) is 13.1. The van der Waals surface area contributed by atoms with Crippen molar-refractivity contribution in [1.29, 1.82) is 0 Å². The number of aryl methyl sites for hydroxylation is 2. The molecule has 0 unspecified atom stereocenters. The van der Waals surface area contributed by atoms with E-state index in [-0.39, 0.29) is 16.3 Å². The van der Waals surface area contributed by atoms with Crippen molar-refractivity contribution in [2.24, 2.45) is 5.10 Å². The summed E-state index contributed by atoms with van der Waals surface area (Å²) in [7, 11) is 0.180. The van der Waals surface area contributed by atoms with Gasteiger partial charge >= 0.3 is 0 Å². The highest BCUT2D eigenvalue weighted by molar-refractivity contribution is 7.92. The number of benzene rings is 3. The summed E-state index contributed by atoms with van der Waals surface area (Å²) in [5.41, 5.74) is 7.71. The van der Waals surface area contributed by atoms with Crippen LogP contribution in [0, 0.1) is 20.8 Å². The van der Waals surface area contributed by atoms with Gasteiger partial charge in [0.15, 0.2) is 11.5 Å². The molecule has 0 aliphatic rings. The predicted molar refractivity (Wildman–Crippen MR) is 163 cm³/mol. The van der Waals surface area contributed by atoms with Gasteiger partial charge in [-0.25, -0.2) is 13.8 Å². The quantitative estimate of drug-likeness (QED) is 0.199. The van der Waals surface area contributed by atoms with Crippen LogP contribution in [-0.4, -0.2) is 53.0 Å². The van der Waals surface area contributed by atoms with E-state index in [1.807, 2.05) is 51.1 Å². The summed E-state index contributed by atoms with van der Waals surface area (Å²) in [6, 6.07) is 20.8. The molecule has 11 heteroatoms. The first-order valence-corrected chi connectivity index (χ1v) is 14.5. The van der Waals surface area contributed by atoms with Gasteiger partial charge in [-0.15, -0.1) is 0 Å². The molecule has 0 saturated carbocycles. The molecule has 0 bridgehead atoms. The van der Waals surface area contributed by atoms with E-state index in [1.54, 1.807) is 30.5 Å². The standard InChI is InChI=1S/C31H34N4O6S/c1-21-7-9-26(10-8-21)35-22(2)17-24(23(35)3)19-32-33-31(36)20-34(25-11-13-27(39-4)14-12-25)42(37,38)28-15-16-29(40-5)30(18-28)41-6/h7-19H,20H2,1-6H3,(H,33,36)/b32-19-. The number of aromatic nitrogens is 1. The van der Waals surface area contributed by atoms with Crippen molar-refractivity contribution in [1.82, 2.24) is 9.99 Å². The number of nitrogens with zero attached hydrogens (tertiary/aromatic N) is 3. The van der Waals surface area contributed by atoms with Crippen LogP contribution in [0.25, 0.3) is 5.69 Å². The Morgan fingerprint density at radius 1 is 0.881 bits per heavy atom. The van der Waals surface area contributed by atoms with Gasteiger partial charge in [0.2, 0.25) is 0 Å². The Bertz CT molecular complexity index is 1690. The number of sulfonamides is 1. The summed E-state index contributed by atoms with van der Waals surface area (Å²) in [4.78, 5) is 13.0. The molecule has 3 aromatic carbocycles. The van der Waals surface area contributed by atoms with E-state index in [4.69, 9.17) is 14.2 Å². The number of ether oxygens (including phenoxy) is 3. The van der Waals surface area contributed by atoms with Gasteiger partial charge in [-0.3, -0.25) is 9.10 Å². The zero-order chi connectivity index (χ0) is 30.4. The van der Waals surface area contributed by atoms with Gasteiger partial charge in [-0.2, -0.15) is 5.10 Å². The van der Waals surface area contributed by atoms with Crippen molar-refractivity contribution >= 4 is 27.8 Å². The molecule has 0 spiro atoms. The van der Waals surface area contributed by atoms with E-state index in [2.05, 4.69) is 15.1 Å². The van der Waals surface area contributed by atoms with Crippen LogP contribution in [0.3, 0.4) is 0 Å². The first kappa shape index (κ1) is 30.2. The molecule has 220 valence electrons. The Morgan fingerprint density at radius 2 is 1.55 bits per heavy atom. The van der Waals surface area contributed by atoms with Gasteiger partial charge in [-0.05, 0) is 75.4 Å². The minimum absolute atomic E-state index is 0.0733. The fourth-order valence-electron chi connectivity index (χ4n) is 4.52. The zero-order valence-electron chi connectivity index (χ0n) is 24.4. The van der Waals surface area contributed by atoms with Gasteiger partial charge in [0, 0.05) is 28.7 Å². The lowest BCUT2D eigenvalue weighted by molar-refractivity contribution is -0.119. The molecular weight excluding hydrogens is 556 g/mol. The second-order valence-electron chi connectivity index (χ2n) is 9.52. The summed E-state index contributed by atoms with van der Waals surface area (Å²) in [5, 5.41) is 4.13. The van der Waals surface area contributed by atoms with Crippen LogP contribution in [0.5, 0.6) is 17.2 Å². The molecule has 0 aliphatic heterocycles. The van der Waals surface area contributed by atoms with Crippen molar-refractivity contribution in [3.63, 3.8) is 0 Å². The lowest BCUT2D eigenvalue weighted by Gasteiger charge is -2.24. The van der Waals surface area contributed by atoms with Crippen molar-refractivity contribution < 1.29 is 27.4 Å². The van der Waals surface area contributed by atoms with E-state index in [0.29, 0.717) is 11.5 Å². The van der Waals surface area contributed by atoms with Gasteiger partial charge in [0.1, 0.15) is 12.3 Å². The van der Waals surface area contributed by atoms with Crippen LogP contribution in [0.4, 0.5) is 5.69 Å². The Morgan fingerprint density at radius 3 is 2.17 bits per heavy atom. The molecule has 0 saturated heterocycles. The van der Waals surface area contributed by atoms with Crippen molar-refractivity contribution in [2.45, 2.75) is 25.7 Å². The third-order valence-electron chi connectivity index (χ3n) is 6.75. The third-order valence-corrected chi connectivity index (χ3v) is 8.52. The maximum atomic E-state index is 13.8. The molecule has 4 rings (SSSR count). The van der Waals surface area contributed by atoms with E-state index >= 15 is 0 Å². The summed E-state index contributed by atoms with van der Waals surface area (Å²) < 4.78 is 46.4. The second kappa shape index (κ2) is 12.8. The summed E-state index contributed by atoms with van der Waals surface area (Å²) in [5.74, 6) is 0.532. The number of hydrazone groups is 1. The Kier molecular flexibility index (Phi) is 9.21. The molecule has 0 radical (unpaired) electrons. The summed E-state index contributed by atoms with van der Waals surface area (Å²) >= 11 is 0. The number of carbonyl (C=O) groups is 1. The first-order chi connectivity index (χ1) is 20.1. The minimum atomic E-state index is -4.21. The van der Waals surface area contributed by atoms with Crippen molar-refractivity contribution in [3.05, 3.63) is 95.3 Å². The average Bonchev–Trinajstić information content (AvgIpc) is 3.28. The molecule has 0 aliphatic carbocycles. The number of amides is 1. The largest absolute Gasteiger partial charge is 0.497 e. The number of methoxy groups -OCH3 is 3. The normalized spacial score (nSPS) is 11.4. The Balaban J connectivity index is 1.59. The lowest BCUT2D eigenvalue weighted by atomic mass is 10.2. The molecular formula is C31H34N4O6S. The van der Waals surface area contributed by atoms with Gasteiger partial charge in [0.05, 0.1) is 38.1 Å². The van der Waals surface area contributed by atoms with Gasteiger partial charge in [-0.1, -0.05) is 17.7 Å². The number of hydrogen-bond donors (Lipinski definition) is 1. The Labute approximate surface area is 246 Å². The number of rotatable bonds is 11. The number of nitrogens with one attached hydrogen (secondary N) is 1. The molecule has 10 nitrogen and oxygen atoms in total. The van der Waals surface area contributed by atoms with E-state index < -0.39 is 22.5 Å². The van der Waals surface area contributed by atoms with Crippen LogP contribution in [0.15, 0.2) is 82.8 Å². The molecule has 42 heavy (non-hydrogen) atoms. The lowest BCUT2D eigenvalue weighted by Crippen LogP contribution is -2.39. The highest BCUT2D eigenvalue weighted by Gasteiger charge is 2.28. The number of hydrogen-bond acceptors (Lipinski definition) is 7. The fraction of sp³-hybridized carbons (Fsp3) is 0.226. The molecule has 0 atom stereocenters. The minimum Gasteiger partial charge on any atom is -0.497 e. The van der Waals surface area contributed by atoms with Crippen LogP contribution < -0.4 is 23.9 Å².